The molecule has 0 spiro atoms. The van der Waals surface area contributed by atoms with Crippen molar-refractivity contribution >= 4 is 33.3 Å². The molecule has 2 heterocycles. The van der Waals surface area contributed by atoms with Gasteiger partial charge in [-0.15, -0.1) is 23.1 Å². The quantitative estimate of drug-likeness (QED) is 0.728. The second-order valence-corrected chi connectivity index (χ2v) is 5.90. The first-order valence-electron chi connectivity index (χ1n) is 5.60. The van der Waals surface area contributed by atoms with E-state index in [9.17, 15) is 9.90 Å². The number of phenols is 1. The van der Waals surface area contributed by atoms with Crippen molar-refractivity contribution in [1.29, 1.82) is 0 Å². The van der Waals surface area contributed by atoms with Crippen LogP contribution in [0.1, 0.15) is 5.82 Å². The van der Waals surface area contributed by atoms with Crippen LogP contribution in [-0.4, -0.2) is 15.1 Å². The maximum Gasteiger partial charge on any atom is 0.268 e. The lowest BCUT2D eigenvalue weighted by molar-refractivity contribution is 0.475. The first-order valence-corrected chi connectivity index (χ1v) is 7.47. The minimum Gasteiger partial charge on any atom is -0.508 e. The molecule has 0 aliphatic rings. The van der Waals surface area contributed by atoms with Gasteiger partial charge in [-0.05, 0) is 35.7 Å². The zero-order chi connectivity index (χ0) is 13.2. The first kappa shape index (κ1) is 12.3. The van der Waals surface area contributed by atoms with Crippen molar-refractivity contribution in [3.05, 3.63) is 51.9 Å². The monoisotopic (exact) mass is 290 g/mol. The molecular weight excluding hydrogens is 280 g/mol. The standard InChI is InChI=1S/C13H10N2O2S2/c16-8-1-3-9(4-2-8)19-7-11-14-10-5-6-18-12(10)13(17)15-11/h1-6,16H,7H2,(H,14,15,17). The van der Waals surface area contributed by atoms with Gasteiger partial charge in [0.15, 0.2) is 0 Å². The zero-order valence-corrected chi connectivity index (χ0v) is 11.4. The molecule has 96 valence electrons. The molecule has 0 amide bonds. The van der Waals surface area contributed by atoms with Crippen molar-refractivity contribution in [2.45, 2.75) is 10.6 Å². The largest absolute Gasteiger partial charge is 0.508 e. The Morgan fingerprint density at radius 1 is 1.26 bits per heavy atom. The molecule has 2 N–H and O–H groups in total. The number of thioether (sulfide) groups is 1. The van der Waals surface area contributed by atoms with Gasteiger partial charge in [-0.1, -0.05) is 0 Å². The number of fused-ring (bicyclic) bond motifs is 1. The molecule has 2 aromatic heterocycles. The van der Waals surface area contributed by atoms with Gasteiger partial charge in [-0.3, -0.25) is 4.79 Å². The number of aromatic nitrogens is 2. The summed E-state index contributed by atoms with van der Waals surface area (Å²) in [5.74, 6) is 1.50. The molecule has 0 aliphatic carbocycles. The maximum absolute atomic E-state index is 11.8. The van der Waals surface area contributed by atoms with Crippen LogP contribution in [0.4, 0.5) is 0 Å². The summed E-state index contributed by atoms with van der Waals surface area (Å²) in [7, 11) is 0. The van der Waals surface area contributed by atoms with Crippen molar-refractivity contribution in [2.75, 3.05) is 0 Å². The molecule has 0 bridgehead atoms. The molecule has 6 heteroatoms. The number of aromatic hydroxyl groups is 1. The van der Waals surface area contributed by atoms with Crippen molar-refractivity contribution in [2.24, 2.45) is 0 Å². The minimum atomic E-state index is -0.0821. The molecule has 4 nitrogen and oxygen atoms in total. The van der Waals surface area contributed by atoms with Gasteiger partial charge in [-0.2, -0.15) is 0 Å². The van der Waals surface area contributed by atoms with Crippen LogP contribution in [0, 0.1) is 0 Å². The number of phenolic OH excluding ortho intramolecular Hbond substituents is 1. The Bertz CT molecular complexity index is 762. The van der Waals surface area contributed by atoms with E-state index in [1.54, 1.807) is 23.9 Å². The van der Waals surface area contributed by atoms with Gasteiger partial charge in [0, 0.05) is 4.90 Å². The van der Waals surface area contributed by atoms with Crippen molar-refractivity contribution in [3.8, 4) is 5.75 Å². The summed E-state index contributed by atoms with van der Waals surface area (Å²) in [6.07, 6.45) is 0. The Balaban J connectivity index is 1.81. The van der Waals surface area contributed by atoms with E-state index in [1.165, 1.54) is 11.3 Å². The molecule has 0 radical (unpaired) electrons. The summed E-state index contributed by atoms with van der Waals surface area (Å²) >= 11 is 2.96. The number of hydrogen-bond donors (Lipinski definition) is 2. The maximum atomic E-state index is 11.8. The highest BCUT2D eigenvalue weighted by Gasteiger charge is 2.05. The van der Waals surface area contributed by atoms with Crippen LogP contribution in [0.3, 0.4) is 0 Å². The number of rotatable bonds is 3. The van der Waals surface area contributed by atoms with Gasteiger partial charge in [0.25, 0.3) is 5.56 Å². The van der Waals surface area contributed by atoms with Gasteiger partial charge in [-0.25, -0.2) is 4.98 Å². The van der Waals surface area contributed by atoms with Gasteiger partial charge in [0.1, 0.15) is 16.3 Å². The molecule has 0 fully saturated rings. The highest BCUT2D eigenvalue weighted by molar-refractivity contribution is 7.98. The van der Waals surface area contributed by atoms with Crippen molar-refractivity contribution in [1.82, 2.24) is 9.97 Å². The predicted molar refractivity (Wildman–Crippen MR) is 77.9 cm³/mol. The topological polar surface area (TPSA) is 66.0 Å². The molecule has 3 aromatic rings. The number of hydrogen-bond acceptors (Lipinski definition) is 5. The molecule has 0 unspecified atom stereocenters. The lowest BCUT2D eigenvalue weighted by atomic mass is 10.3. The number of H-pyrrole nitrogens is 1. The summed E-state index contributed by atoms with van der Waals surface area (Å²) in [6, 6.07) is 8.80. The molecule has 0 saturated carbocycles. The molecule has 0 saturated heterocycles. The molecule has 1 aromatic carbocycles. The second-order valence-electron chi connectivity index (χ2n) is 3.93. The molecule has 0 aliphatic heterocycles. The summed E-state index contributed by atoms with van der Waals surface area (Å²) in [6.45, 7) is 0. The van der Waals surface area contributed by atoms with Gasteiger partial charge in [0.05, 0.1) is 11.3 Å². The highest BCUT2D eigenvalue weighted by Crippen LogP contribution is 2.23. The van der Waals surface area contributed by atoms with Crippen LogP contribution in [-0.2, 0) is 5.75 Å². The Morgan fingerprint density at radius 3 is 2.84 bits per heavy atom. The number of nitrogens with zero attached hydrogens (tertiary/aromatic N) is 1. The normalized spacial score (nSPS) is 10.9. The van der Waals surface area contributed by atoms with Gasteiger partial charge in [0.2, 0.25) is 0 Å². The van der Waals surface area contributed by atoms with Crippen LogP contribution < -0.4 is 5.56 Å². The third-order valence-electron chi connectivity index (χ3n) is 2.58. The third kappa shape index (κ3) is 2.64. The molecule has 3 rings (SSSR count). The summed E-state index contributed by atoms with van der Waals surface area (Å²) < 4.78 is 0.665. The van der Waals surface area contributed by atoms with E-state index in [4.69, 9.17) is 0 Å². The van der Waals surface area contributed by atoms with Crippen LogP contribution in [0.15, 0.2) is 45.4 Å². The third-order valence-corrected chi connectivity index (χ3v) is 4.50. The fraction of sp³-hybridized carbons (Fsp3) is 0.0769. The number of nitrogens with one attached hydrogen (secondary N) is 1. The Morgan fingerprint density at radius 2 is 2.05 bits per heavy atom. The number of aromatic amines is 1. The molecule has 0 atom stereocenters. The summed E-state index contributed by atoms with van der Waals surface area (Å²) in [5.41, 5.74) is 0.663. The smallest absolute Gasteiger partial charge is 0.268 e. The Labute approximate surface area is 117 Å². The van der Waals surface area contributed by atoms with Crippen molar-refractivity contribution < 1.29 is 5.11 Å². The lowest BCUT2D eigenvalue weighted by Crippen LogP contribution is -2.09. The lowest BCUT2D eigenvalue weighted by Gasteiger charge is -2.02. The van der Waals surface area contributed by atoms with E-state index in [0.29, 0.717) is 16.3 Å². The van der Waals surface area contributed by atoms with Crippen LogP contribution in [0.2, 0.25) is 0 Å². The van der Waals surface area contributed by atoms with Crippen LogP contribution in [0.5, 0.6) is 5.75 Å². The van der Waals surface area contributed by atoms with Gasteiger partial charge < -0.3 is 10.1 Å². The van der Waals surface area contributed by atoms with Crippen molar-refractivity contribution in [3.63, 3.8) is 0 Å². The average Bonchev–Trinajstić information content (AvgIpc) is 2.87. The number of benzene rings is 1. The van der Waals surface area contributed by atoms with E-state index < -0.39 is 0 Å². The van der Waals surface area contributed by atoms with E-state index in [2.05, 4.69) is 9.97 Å². The van der Waals surface area contributed by atoms with E-state index in [1.807, 2.05) is 23.6 Å². The van der Waals surface area contributed by atoms with Crippen LogP contribution in [0.25, 0.3) is 10.2 Å². The molecule has 19 heavy (non-hydrogen) atoms. The Hall–Kier alpha value is -1.79. The van der Waals surface area contributed by atoms with E-state index >= 15 is 0 Å². The number of thiophene rings is 1. The fourth-order valence-electron chi connectivity index (χ4n) is 1.68. The SMILES string of the molecule is O=c1[nH]c(CSc2ccc(O)cc2)nc2ccsc12. The van der Waals surface area contributed by atoms with Crippen LogP contribution >= 0.6 is 23.1 Å². The van der Waals surface area contributed by atoms with E-state index in [0.717, 1.165) is 10.4 Å². The van der Waals surface area contributed by atoms with Gasteiger partial charge >= 0.3 is 0 Å². The zero-order valence-electron chi connectivity index (χ0n) is 9.79. The summed E-state index contributed by atoms with van der Waals surface area (Å²) in [5, 5.41) is 11.1. The average molecular weight is 290 g/mol. The highest BCUT2D eigenvalue weighted by atomic mass is 32.2. The van der Waals surface area contributed by atoms with E-state index in [-0.39, 0.29) is 11.3 Å². The minimum absolute atomic E-state index is 0.0821. The first-order chi connectivity index (χ1) is 9.22. The fourth-order valence-corrected chi connectivity index (χ4v) is 3.18. The Kier molecular flexibility index (Phi) is 3.27. The predicted octanol–water partition coefficient (Wildman–Crippen LogP) is 2.98. The summed E-state index contributed by atoms with van der Waals surface area (Å²) in [4.78, 5) is 20.0. The second kappa shape index (κ2) is 5.07. The molecular formula is C13H10N2O2S2.